The van der Waals surface area contributed by atoms with Crippen LogP contribution in [-0.4, -0.2) is 26.0 Å². The van der Waals surface area contributed by atoms with E-state index in [1.807, 2.05) is 12.1 Å². The first-order chi connectivity index (χ1) is 13.9. The molecule has 3 N–H and O–H groups in total. The van der Waals surface area contributed by atoms with Crippen molar-refractivity contribution in [1.82, 2.24) is 20.2 Å². The Bertz CT molecular complexity index is 966. The molecule has 0 aliphatic heterocycles. The molecule has 3 aromatic rings. The molecule has 1 amide bonds. The Hall–Kier alpha value is -2.78. The van der Waals surface area contributed by atoms with Gasteiger partial charge in [0.2, 0.25) is 11.1 Å². The molecule has 1 aromatic heterocycles. The minimum absolute atomic E-state index is 0.0623. The van der Waals surface area contributed by atoms with E-state index in [1.165, 1.54) is 40.7 Å². The third kappa shape index (κ3) is 5.85. The van der Waals surface area contributed by atoms with E-state index < -0.39 is 5.25 Å². The van der Waals surface area contributed by atoms with Gasteiger partial charge in [0.15, 0.2) is 5.82 Å². The minimum atomic E-state index is -0.431. The van der Waals surface area contributed by atoms with E-state index in [4.69, 9.17) is 22.2 Å². The van der Waals surface area contributed by atoms with Crippen molar-refractivity contribution in [2.45, 2.75) is 30.5 Å². The highest BCUT2D eigenvalue weighted by molar-refractivity contribution is 8.00. The van der Waals surface area contributed by atoms with E-state index in [1.54, 1.807) is 19.1 Å². The van der Waals surface area contributed by atoms with Gasteiger partial charge >= 0.3 is 0 Å². The first-order valence-corrected chi connectivity index (χ1v) is 9.94. The second-order valence-electron chi connectivity index (χ2n) is 6.12. The maximum atomic E-state index is 12.9. The zero-order valence-electron chi connectivity index (χ0n) is 15.5. The molecular formula is C19H19ClFN5O2S. The predicted molar refractivity (Wildman–Crippen MR) is 110 cm³/mol. The summed E-state index contributed by atoms with van der Waals surface area (Å²) in [4.78, 5) is 12.3. The zero-order valence-corrected chi connectivity index (χ0v) is 17.1. The van der Waals surface area contributed by atoms with Gasteiger partial charge in [-0.3, -0.25) is 4.79 Å². The van der Waals surface area contributed by atoms with Crippen LogP contribution in [0.25, 0.3) is 0 Å². The number of rotatable bonds is 8. The zero-order chi connectivity index (χ0) is 20.8. The van der Waals surface area contributed by atoms with E-state index in [9.17, 15) is 9.18 Å². The highest BCUT2D eigenvalue weighted by Gasteiger charge is 2.19. The maximum Gasteiger partial charge on any atom is 0.233 e. The number of carbonyl (C=O) groups is 1. The molecule has 0 radical (unpaired) electrons. The molecule has 2 aromatic carbocycles. The fourth-order valence-electron chi connectivity index (χ4n) is 2.31. The molecule has 0 spiro atoms. The number of benzene rings is 2. The first-order valence-electron chi connectivity index (χ1n) is 8.69. The molecule has 10 heteroatoms. The number of carbonyl (C=O) groups excluding carboxylic acids is 1. The van der Waals surface area contributed by atoms with Crippen LogP contribution >= 0.6 is 23.4 Å². The lowest BCUT2D eigenvalue weighted by atomic mass is 10.2. The lowest BCUT2D eigenvalue weighted by Crippen LogP contribution is -2.31. The lowest BCUT2D eigenvalue weighted by molar-refractivity contribution is -0.120. The predicted octanol–water partition coefficient (Wildman–Crippen LogP) is 3.16. The van der Waals surface area contributed by atoms with Crippen LogP contribution in [0.5, 0.6) is 5.75 Å². The maximum absolute atomic E-state index is 12.9. The van der Waals surface area contributed by atoms with E-state index >= 15 is 0 Å². The molecule has 1 atom stereocenters. The van der Waals surface area contributed by atoms with Crippen LogP contribution in [0.2, 0.25) is 5.02 Å². The smallest absolute Gasteiger partial charge is 0.233 e. The van der Waals surface area contributed by atoms with Crippen molar-refractivity contribution in [2.75, 3.05) is 5.84 Å². The number of hydrogen-bond donors (Lipinski definition) is 2. The van der Waals surface area contributed by atoms with Crippen molar-refractivity contribution in [3.63, 3.8) is 0 Å². The summed E-state index contributed by atoms with van der Waals surface area (Å²) < 4.78 is 19.7. The average molecular weight is 436 g/mol. The number of nitrogens with one attached hydrogen (secondary N) is 1. The summed E-state index contributed by atoms with van der Waals surface area (Å²) >= 11 is 7.04. The van der Waals surface area contributed by atoms with Crippen molar-refractivity contribution in [3.05, 3.63) is 70.8 Å². The number of nitrogen functional groups attached to an aromatic ring is 1. The summed E-state index contributed by atoms with van der Waals surface area (Å²) in [5, 5.41) is 11.5. The molecule has 0 bridgehead atoms. The Morgan fingerprint density at radius 1 is 1.24 bits per heavy atom. The van der Waals surface area contributed by atoms with Crippen LogP contribution in [0.4, 0.5) is 4.39 Å². The lowest BCUT2D eigenvalue weighted by Gasteiger charge is -2.12. The standard InChI is InChI=1S/C19H19ClFN5O2S/c1-12(18(27)23-10-13-2-4-14(20)5-3-13)29-19-25-24-17(26(19)22)11-28-16-8-6-15(21)7-9-16/h2-9,12H,10-11,22H2,1H3,(H,23,27). The van der Waals surface area contributed by atoms with Crippen LogP contribution in [0, 0.1) is 5.82 Å². The fourth-order valence-corrected chi connectivity index (χ4v) is 3.25. The summed E-state index contributed by atoms with van der Waals surface area (Å²) in [6.07, 6.45) is 0. The van der Waals surface area contributed by atoms with Crippen LogP contribution in [-0.2, 0) is 17.9 Å². The molecule has 7 nitrogen and oxygen atoms in total. The SMILES string of the molecule is CC(Sc1nnc(COc2ccc(F)cc2)n1N)C(=O)NCc1ccc(Cl)cc1. The molecule has 0 saturated heterocycles. The Labute approximate surface area is 176 Å². The van der Waals surface area contributed by atoms with Gasteiger partial charge in [-0.2, -0.15) is 0 Å². The van der Waals surface area contributed by atoms with Gasteiger partial charge in [-0.25, -0.2) is 9.07 Å². The van der Waals surface area contributed by atoms with E-state index in [0.29, 0.717) is 28.3 Å². The molecular weight excluding hydrogens is 417 g/mol. The van der Waals surface area contributed by atoms with E-state index in [-0.39, 0.29) is 18.3 Å². The van der Waals surface area contributed by atoms with Crippen LogP contribution in [0.1, 0.15) is 18.3 Å². The third-order valence-corrected chi connectivity index (χ3v) is 5.26. The van der Waals surface area contributed by atoms with E-state index in [2.05, 4.69) is 15.5 Å². The molecule has 0 aliphatic carbocycles. The van der Waals surface area contributed by atoms with Gasteiger partial charge in [-0.05, 0) is 48.9 Å². The van der Waals surface area contributed by atoms with Gasteiger partial charge in [-0.1, -0.05) is 35.5 Å². The van der Waals surface area contributed by atoms with Crippen molar-refractivity contribution in [1.29, 1.82) is 0 Å². The molecule has 0 fully saturated rings. The number of amides is 1. The van der Waals surface area contributed by atoms with Gasteiger partial charge in [0.05, 0.1) is 5.25 Å². The second kappa shape index (κ2) is 9.62. The number of hydrogen-bond acceptors (Lipinski definition) is 6. The summed E-state index contributed by atoms with van der Waals surface area (Å²) in [7, 11) is 0. The summed E-state index contributed by atoms with van der Waals surface area (Å²) in [5.41, 5.74) is 0.946. The van der Waals surface area contributed by atoms with E-state index in [0.717, 1.165) is 5.56 Å². The Kier molecular flexibility index (Phi) is 6.95. The molecule has 29 heavy (non-hydrogen) atoms. The summed E-state index contributed by atoms with van der Waals surface area (Å²) in [6, 6.07) is 12.9. The Balaban J connectivity index is 1.52. The Morgan fingerprint density at radius 2 is 1.93 bits per heavy atom. The largest absolute Gasteiger partial charge is 0.486 e. The van der Waals surface area contributed by atoms with Gasteiger partial charge in [0.25, 0.3) is 0 Å². The molecule has 152 valence electrons. The van der Waals surface area contributed by atoms with Crippen molar-refractivity contribution >= 4 is 29.3 Å². The fraction of sp³-hybridized carbons (Fsp3) is 0.211. The van der Waals surface area contributed by atoms with Gasteiger partial charge < -0.3 is 15.9 Å². The van der Waals surface area contributed by atoms with Gasteiger partial charge in [0.1, 0.15) is 18.2 Å². The van der Waals surface area contributed by atoms with Gasteiger partial charge in [0, 0.05) is 11.6 Å². The third-order valence-electron chi connectivity index (χ3n) is 3.95. The molecule has 0 saturated carbocycles. The van der Waals surface area contributed by atoms with Crippen LogP contribution < -0.4 is 15.9 Å². The normalized spacial score (nSPS) is 11.8. The molecule has 0 aliphatic rings. The highest BCUT2D eigenvalue weighted by Crippen LogP contribution is 2.21. The minimum Gasteiger partial charge on any atom is -0.486 e. The number of thioether (sulfide) groups is 1. The summed E-state index contributed by atoms with van der Waals surface area (Å²) in [5.74, 6) is 6.37. The number of nitrogens with zero attached hydrogens (tertiary/aromatic N) is 3. The van der Waals surface area contributed by atoms with Crippen LogP contribution in [0.15, 0.2) is 53.7 Å². The van der Waals surface area contributed by atoms with Crippen LogP contribution in [0.3, 0.4) is 0 Å². The number of nitrogens with two attached hydrogens (primary N) is 1. The average Bonchev–Trinajstić information content (AvgIpc) is 3.06. The Morgan fingerprint density at radius 3 is 2.62 bits per heavy atom. The highest BCUT2D eigenvalue weighted by atomic mass is 35.5. The second-order valence-corrected chi connectivity index (χ2v) is 7.86. The first kappa shape index (κ1) is 20.9. The number of aromatic nitrogens is 3. The quantitative estimate of drug-likeness (QED) is 0.417. The van der Waals surface area contributed by atoms with Crippen molar-refractivity contribution < 1.29 is 13.9 Å². The summed E-state index contributed by atoms with van der Waals surface area (Å²) in [6.45, 7) is 2.21. The van der Waals surface area contributed by atoms with Crippen molar-refractivity contribution in [3.8, 4) is 5.75 Å². The molecule has 1 unspecified atom stereocenters. The monoisotopic (exact) mass is 435 g/mol. The molecule has 1 heterocycles. The molecule has 3 rings (SSSR count). The number of ether oxygens (including phenoxy) is 1. The van der Waals surface area contributed by atoms with Crippen molar-refractivity contribution in [2.24, 2.45) is 0 Å². The number of halogens is 2. The topological polar surface area (TPSA) is 95.1 Å². The van der Waals surface area contributed by atoms with Gasteiger partial charge in [-0.15, -0.1) is 10.2 Å².